The van der Waals surface area contributed by atoms with Gasteiger partial charge in [-0.2, -0.15) is 0 Å². The van der Waals surface area contributed by atoms with E-state index in [1.807, 2.05) is 30.3 Å². The maximum atomic E-state index is 11.2. The van der Waals surface area contributed by atoms with Gasteiger partial charge in [-0.25, -0.2) is 8.42 Å². The maximum absolute atomic E-state index is 11.2. The molecule has 2 N–H and O–H groups in total. The molecule has 0 fully saturated rings. The molecule has 0 saturated carbocycles. The number of rotatable bonds is 10. The summed E-state index contributed by atoms with van der Waals surface area (Å²) < 4.78 is 24.8. The number of aryl methyl sites for hydroxylation is 1. The van der Waals surface area contributed by atoms with Gasteiger partial charge in [-0.15, -0.1) is 0 Å². The van der Waals surface area contributed by atoms with Gasteiger partial charge in [0.05, 0.1) is 16.3 Å². The van der Waals surface area contributed by atoms with Gasteiger partial charge in [0, 0.05) is 5.69 Å². The van der Waals surface area contributed by atoms with Gasteiger partial charge in [0.2, 0.25) is 10.0 Å². The first kappa shape index (κ1) is 21.0. The fraction of sp³-hybridized carbons (Fsp3) is 0.368. The summed E-state index contributed by atoms with van der Waals surface area (Å²) in [6.07, 6.45) is 5.22. The van der Waals surface area contributed by atoms with E-state index in [1.54, 1.807) is 12.1 Å². The second kappa shape index (κ2) is 10.2. The molecule has 0 amide bonds. The minimum Gasteiger partial charge on any atom is -0.316 e. The molecule has 4 nitrogen and oxygen atoms in total. The quantitative estimate of drug-likeness (QED) is 0.561. The monoisotopic (exact) mass is 414 g/mol. The van der Waals surface area contributed by atoms with Crippen molar-refractivity contribution in [2.75, 3.05) is 24.1 Å². The second-order valence-electron chi connectivity index (χ2n) is 6.28. The highest BCUT2D eigenvalue weighted by Crippen LogP contribution is 2.22. The maximum Gasteiger partial charge on any atom is 0.229 e. The van der Waals surface area contributed by atoms with Crippen LogP contribution in [0.3, 0.4) is 0 Å². The summed E-state index contributed by atoms with van der Waals surface area (Å²) in [5, 5.41) is 4.62. The molecular weight excluding hydrogens is 391 g/mol. The van der Waals surface area contributed by atoms with E-state index in [4.69, 9.17) is 23.2 Å². The van der Waals surface area contributed by atoms with Crippen molar-refractivity contribution >= 4 is 38.9 Å². The van der Waals surface area contributed by atoms with Gasteiger partial charge in [-0.1, -0.05) is 41.4 Å². The van der Waals surface area contributed by atoms with Crippen molar-refractivity contribution < 1.29 is 8.42 Å². The van der Waals surface area contributed by atoms with Crippen LogP contribution in [0.5, 0.6) is 0 Å². The van der Waals surface area contributed by atoms with Crippen molar-refractivity contribution in [3.8, 4) is 0 Å². The van der Waals surface area contributed by atoms with E-state index in [0.29, 0.717) is 15.7 Å². The molecule has 0 aromatic heterocycles. The molecule has 0 radical (unpaired) electrons. The Bertz CT molecular complexity index is 809. The van der Waals surface area contributed by atoms with Gasteiger partial charge in [0.15, 0.2) is 0 Å². The molecule has 2 rings (SSSR count). The summed E-state index contributed by atoms with van der Waals surface area (Å²) in [5.41, 5.74) is 2.98. The minimum atomic E-state index is -3.22. The molecule has 0 saturated heterocycles. The summed E-state index contributed by atoms with van der Waals surface area (Å²) in [6.45, 7) is 1.87. The van der Waals surface area contributed by atoms with Gasteiger partial charge in [0.25, 0.3) is 0 Å². The van der Waals surface area contributed by atoms with Crippen LogP contribution in [0.1, 0.15) is 24.0 Å². The Labute approximate surface area is 166 Å². The molecule has 0 aliphatic carbocycles. The zero-order valence-corrected chi connectivity index (χ0v) is 17.1. The smallest absolute Gasteiger partial charge is 0.229 e. The Balaban J connectivity index is 1.59. The number of sulfonamides is 1. The first-order valence-corrected chi connectivity index (χ1v) is 11.2. The van der Waals surface area contributed by atoms with Crippen molar-refractivity contribution in [3.63, 3.8) is 0 Å². The first-order chi connectivity index (χ1) is 12.3. The molecule has 7 heteroatoms. The molecule has 0 aliphatic heterocycles. The summed E-state index contributed by atoms with van der Waals surface area (Å²) in [6, 6.07) is 13.3. The number of nitrogens with one attached hydrogen (secondary N) is 2. The van der Waals surface area contributed by atoms with Crippen molar-refractivity contribution in [2.24, 2.45) is 0 Å². The Hall–Kier alpha value is -1.27. The number of hydrogen-bond acceptors (Lipinski definition) is 3. The first-order valence-electron chi connectivity index (χ1n) is 8.55. The Morgan fingerprint density at radius 2 is 1.54 bits per heavy atom. The lowest BCUT2D eigenvalue weighted by atomic mass is 10.1. The van der Waals surface area contributed by atoms with E-state index < -0.39 is 10.0 Å². The highest BCUT2D eigenvalue weighted by molar-refractivity contribution is 7.92. The Kier molecular flexibility index (Phi) is 8.22. The standard InChI is InChI=1S/C19H24Cl2N2O2S/c1-26(24,25)23-17-8-5-15(6-9-17)4-2-3-12-22-13-11-16-7-10-18(20)19(21)14-16/h5-10,14,22-23H,2-4,11-13H2,1H3. The normalized spacial score (nSPS) is 11.5. The van der Waals surface area contributed by atoms with Gasteiger partial charge >= 0.3 is 0 Å². The Morgan fingerprint density at radius 1 is 0.846 bits per heavy atom. The third-order valence-electron chi connectivity index (χ3n) is 3.90. The third kappa shape index (κ3) is 7.96. The number of unbranched alkanes of at least 4 members (excludes halogenated alkanes) is 1. The predicted molar refractivity (Wildman–Crippen MR) is 111 cm³/mol. The topological polar surface area (TPSA) is 58.2 Å². The van der Waals surface area contributed by atoms with E-state index in [0.717, 1.165) is 45.0 Å². The molecule has 0 unspecified atom stereocenters. The number of halogens is 2. The van der Waals surface area contributed by atoms with Crippen LogP contribution >= 0.6 is 23.2 Å². The summed E-state index contributed by atoms with van der Waals surface area (Å²) in [5.74, 6) is 0. The van der Waals surface area contributed by atoms with Crippen LogP contribution in [0.4, 0.5) is 5.69 Å². The van der Waals surface area contributed by atoms with Gasteiger partial charge in [0.1, 0.15) is 0 Å². The van der Waals surface area contributed by atoms with E-state index in [2.05, 4.69) is 10.0 Å². The average Bonchev–Trinajstić information content (AvgIpc) is 2.57. The molecule has 2 aromatic rings. The molecule has 0 atom stereocenters. The van der Waals surface area contributed by atoms with E-state index in [9.17, 15) is 8.42 Å². The van der Waals surface area contributed by atoms with E-state index in [1.165, 1.54) is 11.1 Å². The van der Waals surface area contributed by atoms with Crippen LogP contribution in [0, 0.1) is 0 Å². The van der Waals surface area contributed by atoms with Crippen LogP contribution in [-0.4, -0.2) is 27.8 Å². The van der Waals surface area contributed by atoms with Crippen molar-refractivity contribution in [2.45, 2.75) is 25.7 Å². The lowest BCUT2D eigenvalue weighted by Crippen LogP contribution is -2.18. The number of anilines is 1. The SMILES string of the molecule is CS(=O)(=O)Nc1ccc(CCCCNCCc2ccc(Cl)c(Cl)c2)cc1. The highest BCUT2D eigenvalue weighted by Gasteiger charge is 2.02. The molecule has 0 bridgehead atoms. The van der Waals surface area contributed by atoms with Gasteiger partial charge in [-0.3, -0.25) is 4.72 Å². The average molecular weight is 415 g/mol. The molecule has 0 spiro atoms. The van der Waals surface area contributed by atoms with Crippen molar-refractivity contribution in [1.29, 1.82) is 0 Å². The fourth-order valence-corrected chi connectivity index (χ4v) is 3.47. The number of hydrogen-bond donors (Lipinski definition) is 2. The number of benzene rings is 2. The largest absolute Gasteiger partial charge is 0.316 e. The molecule has 142 valence electrons. The minimum absolute atomic E-state index is 0.587. The van der Waals surface area contributed by atoms with Crippen LogP contribution in [-0.2, 0) is 22.9 Å². The van der Waals surface area contributed by atoms with Gasteiger partial charge in [-0.05, 0) is 74.2 Å². The zero-order chi connectivity index (χ0) is 19.0. The van der Waals surface area contributed by atoms with Crippen LogP contribution < -0.4 is 10.0 Å². The predicted octanol–water partition coefficient (Wildman–Crippen LogP) is 4.52. The molecule has 0 heterocycles. The van der Waals surface area contributed by atoms with Crippen LogP contribution in [0.2, 0.25) is 10.0 Å². The van der Waals surface area contributed by atoms with Crippen LogP contribution in [0.15, 0.2) is 42.5 Å². The van der Waals surface area contributed by atoms with Crippen LogP contribution in [0.25, 0.3) is 0 Å². The molecule has 26 heavy (non-hydrogen) atoms. The lowest BCUT2D eigenvalue weighted by molar-refractivity contribution is 0.607. The van der Waals surface area contributed by atoms with E-state index >= 15 is 0 Å². The third-order valence-corrected chi connectivity index (χ3v) is 5.25. The fourth-order valence-electron chi connectivity index (χ4n) is 2.59. The summed E-state index contributed by atoms with van der Waals surface area (Å²) in [7, 11) is -3.22. The highest BCUT2D eigenvalue weighted by atomic mass is 35.5. The lowest BCUT2D eigenvalue weighted by Gasteiger charge is -2.07. The van der Waals surface area contributed by atoms with Gasteiger partial charge < -0.3 is 5.32 Å². The summed E-state index contributed by atoms with van der Waals surface area (Å²) >= 11 is 11.9. The van der Waals surface area contributed by atoms with Crippen molar-refractivity contribution in [3.05, 3.63) is 63.6 Å². The molecular formula is C19H24Cl2N2O2S. The zero-order valence-electron chi connectivity index (χ0n) is 14.8. The molecule has 2 aromatic carbocycles. The second-order valence-corrected chi connectivity index (χ2v) is 8.84. The molecule has 0 aliphatic rings. The summed E-state index contributed by atoms with van der Waals surface area (Å²) in [4.78, 5) is 0. The Morgan fingerprint density at radius 3 is 2.19 bits per heavy atom. The van der Waals surface area contributed by atoms with Crippen molar-refractivity contribution in [1.82, 2.24) is 5.32 Å². The van der Waals surface area contributed by atoms with E-state index in [-0.39, 0.29) is 0 Å².